The standard InChI is InChI=1S/C15H23F2NO4S/c1-10(2)11(3)22-13(8-18-23(4,19)20)9-21-15-6-5-12(16)7-14(15)17/h5-7,10-11,13,18H,8-9H2,1-4H3/t11-,13-/m0/s1. The summed E-state index contributed by atoms with van der Waals surface area (Å²) in [4.78, 5) is 0. The highest BCUT2D eigenvalue weighted by Gasteiger charge is 2.19. The molecule has 5 nitrogen and oxygen atoms in total. The van der Waals surface area contributed by atoms with Gasteiger partial charge in [-0.3, -0.25) is 0 Å². The van der Waals surface area contributed by atoms with E-state index < -0.39 is 27.8 Å². The van der Waals surface area contributed by atoms with E-state index in [0.717, 1.165) is 18.4 Å². The Balaban J connectivity index is 2.70. The molecule has 132 valence electrons. The van der Waals surface area contributed by atoms with Gasteiger partial charge in [-0.15, -0.1) is 0 Å². The number of sulfonamides is 1. The number of rotatable bonds is 9. The van der Waals surface area contributed by atoms with Crippen molar-refractivity contribution in [3.63, 3.8) is 0 Å². The Bertz CT molecular complexity index is 607. The maximum atomic E-state index is 13.5. The molecule has 0 amide bonds. The first-order chi connectivity index (χ1) is 10.6. The van der Waals surface area contributed by atoms with Crippen LogP contribution in [0.3, 0.4) is 0 Å². The third kappa shape index (κ3) is 7.71. The highest BCUT2D eigenvalue weighted by molar-refractivity contribution is 7.88. The van der Waals surface area contributed by atoms with Gasteiger partial charge in [-0.05, 0) is 25.0 Å². The van der Waals surface area contributed by atoms with Crippen LogP contribution in [0.4, 0.5) is 8.78 Å². The van der Waals surface area contributed by atoms with Crippen molar-refractivity contribution >= 4 is 10.0 Å². The molecule has 0 saturated heterocycles. The predicted molar refractivity (Wildman–Crippen MR) is 83.9 cm³/mol. The van der Waals surface area contributed by atoms with Gasteiger partial charge in [0.25, 0.3) is 0 Å². The van der Waals surface area contributed by atoms with Gasteiger partial charge in [-0.2, -0.15) is 0 Å². The van der Waals surface area contributed by atoms with Crippen molar-refractivity contribution in [3.05, 3.63) is 29.8 Å². The summed E-state index contributed by atoms with van der Waals surface area (Å²) < 4.78 is 62.2. The number of halogens is 2. The summed E-state index contributed by atoms with van der Waals surface area (Å²) >= 11 is 0. The fourth-order valence-corrected chi connectivity index (χ4v) is 2.11. The van der Waals surface area contributed by atoms with Crippen LogP contribution in [0.1, 0.15) is 20.8 Å². The van der Waals surface area contributed by atoms with Crippen molar-refractivity contribution in [2.75, 3.05) is 19.4 Å². The molecule has 2 atom stereocenters. The van der Waals surface area contributed by atoms with Gasteiger partial charge in [0.2, 0.25) is 10.0 Å². The molecule has 0 radical (unpaired) electrons. The number of benzene rings is 1. The van der Waals surface area contributed by atoms with Crippen LogP contribution in [0.2, 0.25) is 0 Å². The highest BCUT2D eigenvalue weighted by Crippen LogP contribution is 2.18. The van der Waals surface area contributed by atoms with Crippen molar-refractivity contribution in [3.8, 4) is 5.75 Å². The van der Waals surface area contributed by atoms with Crippen molar-refractivity contribution in [2.24, 2.45) is 5.92 Å². The van der Waals surface area contributed by atoms with Crippen LogP contribution in [0.15, 0.2) is 18.2 Å². The zero-order chi connectivity index (χ0) is 17.6. The van der Waals surface area contributed by atoms with E-state index in [-0.39, 0.29) is 30.9 Å². The van der Waals surface area contributed by atoms with E-state index in [1.54, 1.807) is 0 Å². The topological polar surface area (TPSA) is 64.6 Å². The zero-order valence-corrected chi connectivity index (χ0v) is 14.5. The normalized spacial score (nSPS) is 14.7. The Hall–Kier alpha value is -1.25. The van der Waals surface area contributed by atoms with E-state index in [0.29, 0.717) is 0 Å². The third-order valence-electron chi connectivity index (χ3n) is 3.24. The lowest BCUT2D eigenvalue weighted by Gasteiger charge is -2.25. The van der Waals surface area contributed by atoms with Crippen molar-refractivity contribution in [1.82, 2.24) is 4.72 Å². The van der Waals surface area contributed by atoms with E-state index in [4.69, 9.17) is 9.47 Å². The van der Waals surface area contributed by atoms with Gasteiger partial charge in [-0.25, -0.2) is 21.9 Å². The molecule has 0 spiro atoms. The number of hydrogen-bond acceptors (Lipinski definition) is 4. The number of ether oxygens (including phenoxy) is 2. The first kappa shape index (κ1) is 19.8. The van der Waals surface area contributed by atoms with Crippen LogP contribution in [0.25, 0.3) is 0 Å². The van der Waals surface area contributed by atoms with Gasteiger partial charge in [0.1, 0.15) is 18.5 Å². The highest BCUT2D eigenvalue weighted by atomic mass is 32.2. The lowest BCUT2D eigenvalue weighted by atomic mass is 10.1. The number of nitrogens with one attached hydrogen (secondary N) is 1. The summed E-state index contributed by atoms with van der Waals surface area (Å²) in [6.45, 7) is 5.72. The third-order valence-corrected chi connectivity index (χ3v) is 3.93. The molecule has 0 saturated carbocycles. The smallest absolute Gasteiger partial charge is 0.208 e. The van der Waals surface area contributed by atoms with Crippen LogP contribution in [-0.4, -0.2) is 40.0 Å². The maximum absolute atomic E-state index is 13.5. The second-order valence-corrected chi connectivity index (χ2v) is 7.55. The first-order valence-electron chi connectivity index (χ1n) is 7.26. The average molecular weight is 351 g/mol. The van der Waals surface area contributed by atoms with Crippen LogP contribution in [0.5, 0.6) is 5.75 Å². The fraction of sp³-hybridized carbons (Fsp3) is 0.600. The molecule has 1 aromatic rings. The lowest BCUT2D eigenvalue weighted by Crippen LogP contribution is -2.39. The minimum absolute atomic E-state index is 0.00128. The van der Waals surface area contributed by atoms with Crippen molar-refractivity contribution < 1.29 is 26.7 Å². The quantitative estimate of drug-likeness (QED) is 0.742. The fourth-order valence-electron chi connectivity index (χ4n) is 1.63. The maximum Gasteiger partial charge on any atom is 0.208 e. The molecular weight excluding hydrogens is 328 g/mol. The van der Waals surface area contributed by atoms with Crippen LogP contribution < -0.4 is 9.46 Å². The summed E-state index contributed by atoms with van der Waals surface area (Å²) in [6.07, 6.45) is 0.297. The first-order valence-corrected chi connectivity index (χ1v) is 9.15. The van der Waals surface area contributed by atoms with E-state index >= 15 is 0 Å². The van der Waals surface area contributed by atoms with E-state index in [2.05, 4.69) is 4.72 Å². The molecule has 0 aromatic heterocycles. The molecule has 1 rings (SSSR count). The summed E-state index contributed by atoms with van der Waals surface area (Å²) in [7, 11) is -3.38. The molecule has 1 N–H and O–H groups in total. The summed E-state index contributed by atoms with van der Waals surface area (Å²) in [5, 5.41) is 0. The molecule has 23 heavy (non-hydrogen) atoms. The molecule has 0 heterocycles. The average Bonchev–Trinajstić information content (AvgIpc) is 2.42. The molecule has 0 unspecified atom stereocenters. The van der Waals surface area contributed by atoms with Gasteiger partial charge in [-0.1, -0.05) is 13.8 Å². The Morgan fingerprint density at radius 3 is 2.39 bits per heavy atom. The largest absolute Gasteiger partial charge is 0.488 e. The summed E-state index contributed by atoms with van der Waals surface area (Å²) in [6, 6.07) is 2.98. The molecule has 1 aromatic carbocycles. The minimum atomic E-state index is -3.38. The molecule has 0 bridgehead atoms. The summed E-state index contributed by atoms with van der Waals surface area (Å²) in [5.74, 6) is -1.42. The lowest BCUT2D eigenvalue weighted by molar-refractivity contribution is -0.0417. The Morgan fingerprint density at radius 2 is 1.87 bits per heavy atom. The zero-order valence-electron chi connectivity index (χ0n) is 13.7. The van der Waals surface area contributed by atoms with Crippen LogP contribution in [-0.2, 0) is 14.8 Å². The molecule has 0 aliphatic rings. The second kappa shape index (κ2) is 8.56. The van der Waals surface area contributed by atoms with E-state index in [1.807, 2.05) is 20.8 Å². The van der Waals surface area contributed by atoms with Gasteiger partial charge >= 0.3 is 0 Å². The van der Waals surface area contributed by atoms with Crippen molar-refractivity contribution in [1.29, 1.82) is 0 Å². The molecular formula is C15H23F2NO4S. The predicted octanol–water partition coefficient (Wildman–Crippen LogP) is 2.32. The number of hydrogen-bond donors (Lipinski definition) is 1. The SMILES string of the molecule is CC(C)[C@H](C)O[C@@H](CNS(C)(=O)=O)COc1ccc(F)cc1F. The monoisotopic (exact) mass is 351 g/mol. The van der Waals surface area contributed by atoms with Gasteiger partial charge in [0.05, 0.1) is 12.4 Å². The Kier molecular flexibility index (Phi) is 7.37. The molecule has 0 aliphatic carbocycles. The molecule has 0 aliphatic heterocycles. The van der Waals surface area contributed by atoms with Gasteiger partial charge in [0, 0.05) is 12.6 Å². The van der Waals surface area contributed by atoms with E-state index in [1.165, 1.54) is 6.07 Å². The molecule has 8 heteroatoms. The van der Waals surface area contributed by atoms with Crippen LogP contribution >= 0.6 is 0 Å². The molecule has 0 fully saturated rings. The summed E-state index contributed by atoms with van der Waals surface area (Å²) in [5.41, 5.74) is 0. The van der Waals surface area contributed by atoms with Gasteiger partial charge < -0.3 is 9.47 Å². The second-order valence-electron chi connectivity index (χ2n) is 5.71. The van der Waals surface area contributed by atoms with Gasteiger partial charge in [0.15, 0.2) is 11.6 Å². The van der Waals surface area contributed by atoms with E-state index in [9.17, 15) is 17.2 Å². The Labute approximate surface area is 136 Å². The minimum Gasteiger partial charge on any atom is -0.488 e. The Morgan fingerprint density at radius 1 is 1.22 bits per heavy atom. The van der Waals surface area contributed by atoms with Crippen LogP contribution in [0, 0.1) is 17.6 Å². The van der Waals surface area contributed by atoms with Crippen molar-refractivity contribution in [2.45, 2.75) is 33.0 Å².